The average molecular weight is 329 g/mol. The van der Waals surface area contributed by atoms with Gasteiger partial charge in [0.05, 0.1) is 24.7 Å². The van der Waals surface area contributed by atoms with Gasteiger partial charge >= 0.3 is 0 Å². The summed E-state index contributed by atoms with van der Waals surface area (Å²) in [5, 5.41) is 2.95. The molecule has 2 aromatic rings. The van der Waals surface area contributed by atoms with Crippen LogP contribution < -0.4 is 15.1 Å². The second-order valence-corrected chi connectivity index (χ2v) is 6.18. The maximum atomic E-state index is 12.3. The molecule has 0 atom stereocenters. The fourth-order valence-electron chi connectivity index (χ4n) is 3.00. The highest BCUT2D eigenvalue weighted by Gasteiger charge is 2.26. The van der Waals surface area contributed by atoms with Gasteiger partial charge in [0.25, 0.3) is 0 Å². The van der Waals surface area contributed by atoms with Crippen LogP contribution in [0.25, 0.3) is 0 Å². The Morgan fingerprint density at radius 2 is 2.21 bits per heavy atom. The van der Waals surface area contributed by atoms with E-state index in [1.54, 1.807) is 12.6 Å². The second-order valence-electron chi connectivity index (χ2n) is 6.18. The van der Waals surface area contributed by atoms with Crippen molar-refractivity contribution in [1.29, 1.82) is 0 Å². The molecule has 0 saturated carbocycles. The molecule has 0 spiro atoms. The number of anilines is 2. The van der Waals surface area contributed by atoms with Crippen LogP contribution in [-0.4, -0.2) is 43.1 Å². The van der Waals surface area contributed by atoms with Crippen LogP contribution in [0.15, 0.2) is 35.3 Å². The van der Waals surface area contributed by atoms with E-state index in [4.69, 9.17) is 4.42 Å². The number of nitrogens with one attached hydrogen (secondary N) is 1. The van der Waals surface area contributed by atoms with Crippen molar-refractivity contribution in [2.75, 3.05) is 37.0 Å². The first-order valence-electron chi connectivity index (χ1n) is 8.17. The van der Waals surface area contributed by atoms with Crippen molar-refractivity contribution in [2.45, 2.75) is 19.4 Å². The molecular formula is C17H23N5O2. The van der Waals surface area contributed by atoms with E-state index in [1.807, 2.05) is 37.3 Å². The molecule has 7 nitrogen and oxygen atoms in total. The zero-order valence-corrected chi connectivity index (χ0v) is 14.1. The Balaban J connectivity index is 1.55. The van der Waals surface area contributed by atoms with Crippen molar-refractivity contribution < 1.29 is 9.21 Å². The molecule has 0 aromatic carbocycles. The SMILES string of the molecule is CN(C)c1ncncc1N1CCC(C(=O)NCc2ccco2)CC1. The minimum atomic E-state index is 0.0450. The third-order valence-corrected chi connectivity index (χ3v) is 4.32. The fourth-order valence-corrected chi connectivity index (χ4v) is 3.00. The van der Waals surface area contributed by atoms with E-state index in [-0.39, 0.29) is 11.8 Å². The van der Waals surface area contributed by atoms with Crippen LogP contribution in [0.3, 0.4) is 0 Å². The molecule has 7 heteroatoms. The molecule has 0 bridgehead atoms. The number of hydrogen-bond donors (Lipinski definition) is 1. The van der Waals surface area contributed by atoms with Crippen LogP contribution in [0.5, 0.6) is 0 Å². The van der Waals surface area contributed by atoms with Crippen LogP contribution in [0.1, 0.15) is 18.6 Å². The Hall–Kier alpha value is -2.57. The largest absolute Gasteiger partial charge is 0.467 e. The van der Waals surface area contributed by atoms with Crippen molar-refractivity contribution in [3.05, 3.63) is 36.7 Å². The van der Waals surface area contributed by atoms with Crippen molar-refractivity contribution in [3.8, 4) is 0 Å². The van der Waals surface area contributed by atoms with Crippen molar-refractivity contribution >= 4 is 17.4 Å². The number of nitrogens with zero attached hydrogens (tertiary/aromatic N) is 4. The summed E-state index contributed by atoms with van der Waals surface area (Å²) in [6.45, 7) is 2.10. The van der Waals surface area contributed by atoms with Gasteiger partial charge in [-0.1, -0.05) is 0 Å². The first-order chi connectivity index (χ1) is 11.6. The maximum absolute atomic E-state index is 12.3. The zero-order chi connectivity index (χ0) is 16.9. The highest BCUT2D eigenvalue weighted by atomic mass is 16.3. The van der Waals surface area contributed by atoms with Gasteiger partial charge in [0.15, 0.2) is 5.82 Å². The number of aromatic nitrogens is 2. The van der Waals surface area contributed by atoms with E-state index in [2.05, 4.69) is 20.2 Å². The van der Waals surface area contributed by atoms with Gasteiger partial charge in [-0.3, -0.25) is 4.79 Å². The van der Waals surface area contributed by atoms with E-state index in [9.17, 15) is 4.79 Å². The second kappa shape index (κ2) is 7.33. The third-order valence-electron chi connectivity index (χ3n) is 4.32. The van der Waals surface area contributed by atoms with E-state index < -0.39 is 0 Å². The molecule has 2 aromatic heterocycles. The normalized spacial score (nSPS) is 15.3. The van der Waals surface area contributed by atoms with Crippen LogP contribution in [0, 0.1) is 5.92 Å². The summed E-state index contributed by atoms with van der Waals surface area (Å²) in [5.74, 6) is 1.83. The number of rotatable bonds is 5. The third kappa shape index (κ3) is 3.67. The molecule has 3 rings (SSSR count). The fraction of sp³-hybridized carbons (Fsp3) is 0.471. The molecule has 0 unspecified atom stereocenters. The lowest BCUT2D eigenvalue weighted by molar-refractivity contribution is -0.125. The van der Waals surface area contributed by atoms with Gasteiger partial charge in [0, 0.05) is 33.1 Å². The zero-order valence-electron chi connectivity index (χ0n) is 14.1. The molecule has 0 radical (unpaired) electrons. The Bertz CT molecular complexity index is 663. The summed E-state index contributed by atoms with van der Waals surface area (Å²) in [6.07, 6.45) is 6.68. The first-order valence-corrected chi connectivity index (χ1v) is 8.17. The van der Waals surface area contributed by atoms with Gasteiger partial charge in [0.1, 0.15) is 12.1 Å². The monoisotopic (exact) mass is 329 g/mol. The molecule has 1 saturated heterocycles. The van der Waals surface area contributed by atoms with Crippen molar-refractivity contribution in [3.63, 3.8) is 0 Å². The summed E-state index contributed by atoms with van der Waals surface area (Å²) in [5.41, 5.74) is 1.02. The van der Waals surface area contributed by atoms with Gasteiger partial charge in [-0.15, -0.1) is 0 Å². The topological polar surface area (TPSA) is 74.5 Å². The Morgan fingerprint density at radius 3 is 2.88 bits per heavy atom. The Kier molecular flexibility index (Phi) is 4.98. The highest BCUT2D eigenvalue weighted by Crippen LogP contribution is 2.28. The summed E-state index contributed by atoms with van der Waals surface area (Å²) in [6, 6.07) is 3.69. The maximum Gasteiger partial charge on any atom is 0.223 e. The number of hydrogen-bond acceptors (Lipinski definition) is 6. The minimum Gasteiger partial charge on any atom is -0.467 e. The molecule has 1 fully saturated rings. The van der Waals surface area contributed by atoms with Gasteiger partial charge < -0.3 is 19.5 Å². The van der Waals surface area contributed by atoms with Crippen molar-refractivity contribution in [1.82, 2.24) is 15.3 Å². The standard InChI is InChI=1S/C17H23N5O2/c1-21(2)16-15(11-18-12-20-16)22-7-5-13(6-8-22)17(23)19-10-14-4-3-9-24-14/h3-4,9,11-13H,5-8,10H2,1-2H3,(H,19,23). The Morgan fingerprint density at radius 1 is 1.42 bits per heavy atom. The number of piperidine rings is 1. The molecule has 24 heavy (non-hydrogen) atoms. The number of carbonyl (C=O) groups is 1. The van der Waals surface area contributed by atoms with E-state index in [0.29, 0.717) is 6.54 Å². The lowest BCUT2D eigenvalue weighted by Gasteiger charge is -2.34. The van der Waals surface area contributed by atoms with Gasteiger partial charge in [-0.05, 0) is 25.0 Å². The predicted octanol–water partition coefficient (Wildman–Crippen LogP) is 1.67. The molecule has 1 aliphatic heterocycles. The van der Waals surface area contributed by atoms with Gasteiger partial charge in [0.2, 0.25) is 5.91 Å². The van der Waals surface area contributed by atoms with Crippen LogP contribution in [0.2, 0.25) is 0 Å². The molecular weight excluding hydrogens is 306 g/mol. The van der Waals surface area contributed by atoms with Gasteiger partial charge in [-0.25, -0.2) is 9.97 Å². The molecule has 1 amide bonds. The summed E-state index contributed by atoms with van der Waals surface area (Å²) >= 11 is 0. The van der Waals surface area contributed by atoms with Crippen molar-refractivity contribution in [2.24, 2.45) is 5.92 Å². The smallest absolute Gasteiger partial charge is 0.223 e. The van der Waals surface area contributed by atoms with E-state index in [0.717, 1.165) is 43.2 Å². The lowest BCUT2D eigenvalue weighted by Crippen LogP contribution is -2.40. The summed E-state index contributed by atoms with van der Waals surface area (Å²) in [4.78, 5) is 25.0. The molecule has 1 N–H and O–H groups in total. The minimum absolute atomic E-state index is 0.0450. The molecule has 0 aliphatic carbocycles. The van der Waals surface area contributed by atoms with E-state index in [1.165, 1.54) is 0 Å². The first kappa shape index (κ1) is 16.3. The summed E-state index contributed by atoms with van der Waals surface area (Å²) < 4.78 is 5.24. The van der Waals surface area contributed by atoms with Crippen LogP contribution in [-0.2, 0) is 11.3 Å². The van der Waals surface area contributed by atoms with Gasteiger partial charge in [-0.2, -0.15) is 0 Å². The van der Waals surface area contributed by atoms with Crippen LogP contribution >= 0.6 is 0 Å². The number of furan rings is 1. The molecule has 1 aliphatic rings. The quantitative estimate of drug-likeness (QED) is 0.899. The molecule has 128 valence electrons. The predicted molar refractivity (Wildman–Crippen MR) is 91.9 cm³/mol. The van der Waals surface area contributed by atoms with Crippen LogP contribution in [0.4, 0.5) is 11.5 Å². The molecule has 3 heterocycles. The van der Waals surface area contributed by atoms with E-state index >= 15 is 0 Å². The number of amides is 1. The average Bonchev–Trinajstić information content (AvgIpc) is 3.13. The summed E-state index contributed by atoms with van der Waals surface area (Å²) in [7, 11) is 3.95. The highest BCUT2D eigenvalue weighted by molar-refractivity contribution is 5.79. The lowest BCUT2D eigenvalue weighted by atomic mass is 9.95. The number of carbonyl (C=O) groups excluding carboxylic acids is 1. The Labute approximate surface area is 141 Å².